The molecule has 0 N–H and O–H groups in total. The fourth-order valence-electron chi connectivity index (χ4n) is 18.9. The van der Waals surface area contributed by atoms with Gasteiger partial charge in [0.05, 0.1) is 21.9 Å². The van der Waals surface area contributed by atoms with Crippen LogP contribution in [0.4, 0.5) is 17.1 Å². The van der Waals surface area contributed by atoms with Crippen LogP contribution >= 0.6 is 0 Å². The van der Waals surface area contributed by atoms with Crippen LogP contribution < -0.4 is 4.90 Å². The third-order valence-electron chi connectivity index (χ3n) is 22.7. The van der Waals surface area contributed by atoms with Crippen molar-refractivity contribution in [2.45, 2.75) is 49.4 Å². The predicted molar refractivity (Wildman–Crippen MR) is 393 cm³/mol. The van der Waals surface area contributed by atoms with Crippen molar-refractivity contribution in [2.24, 2.45) is 0 Å². The molecule has 0 saturated heterocycles. The van der Waals surface area contributed by atoms with Gasteiger partial charge < -0.3 is 18.2 Å². The Morgan fingerprint density at radius 1 is 0.260 bits per heavy atom. The number of rotatable bonds is 7. The second-order valence-corrected chi connectivity index (χ2v) is 28.0. The SMILES string of the molecule is CC1(C)c2ccccc2-c2c1c1c(c3c2oc2ccccc23)-c2ccc(N(c3ccc4c(c3)C(c3ccccc3)(c3ccccc3)c3cc5c(cc3-4)C(c3ccccc3)(c3ccccc3)c3ccc4oc6ccccc6c4c3-5)c3cccc4oc5ccccc5c34)cc2C1(C)C. The van der Waals surface area contributed by atoms with E-state index >= 15 is 0 Å². The minimum absolute atomic E-state index is 0.296. The van der Waals surface area contributed by atoms with Crippen molar-refractivity contribution in [1.82, 2.24) is 0 Å². The lowest BCUT2D eigenvalue weighted by Gasteiger charge is -2.36. The molecule has 3 aromatic heterocycles. The Labute approximate surface area is 555 Å². The van der Waals surface area contributed by atoms with Gasteiger partial charge in [0.25, 0.3) is 0 Å². The summed E-state index contributed by atoms with van der Waals surface area (Å²) in [6, 6.07) is 111. The van der Waals surface area contributed by atoms with E-state index in [1.165, 1.54) is 117 Å². The molecule has 0 bridgehead atoms. The Morgan fingerprint density at radius 3 is 1.32 bits per heavy atom. The van der Waals surface area contributed by atoms with Crippen molar-refractivity contribution in [3.05, 3.63) is 364 Å². The van der Waals surface area contributed by atoms with Crippen LogP contribution in [0.5, 0.6) is 0 Å². The average Bonchev–Trinajstić information content (AvgIpc) is 1.51. The number of anilines is 3. The zero-order valence-electron chi connectivity index (χ0n) is 53.5. The van der Waals surface area contributed by atoms with Gasteiger partial charge in [-0.1, -0.05) is 252 Å². The third-order valence-corrected chi connectivity index (χ3v) is 22.7. The van der Waals surface area contributed by atoms with Crippen LogP contribution in [0.1, 0.15) is 94.5 Å². The highest BCUT2D eigenvalue weighted by Crippen LogP contribution is 2.67. The first kappa shape index (κ1) is 53.8. The molecular weight excluding hydrogens is 1170 g/mol. The van der Waals surface area contributed by atoms with Crippen LogP contribution in [0.3, 0.4) is 0 Å². The van der Waals surface area contributed by atoms with Gasteiger partial charge in [-0.2, -0.15) is 0 Å². The zero-order chi connectivity index (χ0) is 63.6. The zero-order valence-corrected chi connectivity index (χ0v) is 53.5. The number of hydrogen-bond acceptors (Lipinski definition) is 4. The van der Waals surface area contributed by atoms with Gasteiger partial charge in [-0.05, 0) is 179 Å². The summed E-state index contributed by atoms with van der Waals surface area (Å²) in [5.41, 5.74) is 31.2. The topological polar surface area (TPSA) is 42.7 Å². The van der Waals surface area contributed by atoms with Crippen molar-refractivity contribution in [3.8, 4) is 44.5 Å². The minimum atomic E-state index is -0.805. The lowest BCUT2D eigenvalue weighted by atomic mass is 9.66. The molecule has 21 rings (SSSR count). The van der Waals surface area contributed by atoms with E-state index in [2.05, 4.69) is 330 Å². The summed E-state index contributed by atoms with van der Waals surface area (Å²) >= 11 is 0. The highest BCUT2D eigenvalue weighted by Gasteiger charge is 2.53. The van der Waals surface area contributed by atoms with E-state index in [0.29, 0.717) is 0 Å². The Kier molecular flexibility index (Phi) is 10.6. The quantitative estimate of drug-likeness (QED) is 0.159. The molecular formula is C92H61NO3. The summed E-state index contributed by atoms with van der Waals surface area (Å²) in [7, 11) is 0. The Hall–Kier alpha value is -11.7. The summed E-state index contributed by atoms with van der Waals surface area (Å²) in [6.07, 6.45) is 0. The summed E-state index contributed by atoms with van der Waals surface area (Å²) in [5.74, 6) is 0. The molecule has 0 unspecified atom stereocenters. The van der Waals surface area contributed by atoms with Crippen molar-refractivity contribution in [3.63, 3.8) is 0 Å². The maximum atomic E-state index is 7.14. The van der Waals surface area contributed by atoms with Gasteiger partial charge in [0.1, 0.15) is 33.5 Å². The molecule has 0 atom stereocenters. The molecule has 17 aromatic rings. The van der Waals surface area contributed by atoms with Crippen molar-refractivity contribution in [2.75, 3.05) is 4.90 Å². The van der Waals surface area contributed by atoms with Gasteiger partial charge >= 0.3 is 0 Å². The maximum Gasteiger partial charge on any atom is 0.144 e. The average molecular weight is 1230 g/mol. The van der Waals surface area contributed by atoms with Gasteiger partial charge in [0, 0.05) is 54.7 Å². The third kappa shape index (κ3) is 6.68. The van der Waals surface area contributed by atoms with Crippen LogP contribution in [0, 0.1) is 0 Å². The fourth-order valence-corrected chi connectivity index (χ4v) is 18.9. The Balaban J connectivity index is 0.860. The van der Waals surface area contributed by atoms with Crippen LogP contribution in [-0.2, 0) is 21.7 Å². The smallest absolute Gasteiger partial charge is 0.144 e. The van der Waals surface area contributed by atoms with Crippen LogP contribution in [0.2, 0.25) is 0 Å². The molecule has 0 saturated carbocycles. The Morgan fingerprint density at radius 2 is 0.698 bits per heavy atom. The maximum absolute atomic E-state index is 7.14. The number of para-hydroxylation sites is 3. The molecule has 452 valence electrons. The molecule has 0 spiro atoms. The molecule has 4 nitrogen and oxygen atoms in total. The molecule has 4 aliphatic rings. The Bertz CT molecular complexity index is 6120. The van der Waals surface area contributed by atoms with E-state index in [4.69, 9.17) is 13.3 Å². The second kappa shape index (κ2) is 19.0. The van der Waals surface area contributed by atoms with Gasteiger partial charge in [-0.15, -0.1) is 0 Å². The van der Waals surface area contributed by atoms with Crippen molar-refractivity contribution in [1.29, 1.82) is 0 Å². The van der Waals surface area contributed by atoms with Gasteiger partial charge in [-0.25, -0.2) is 0 Å². The molecule has 3 heterocycles. The molecule has 0 amide bonds. The fraction of sp³-hybridized carbons (Fsp3) is 0.0870. The van der Waals surface area contributed by atoms with Crippen LogP contribution in [-0.4, -0.2) is 0 Å². The van der Waals surface area contributed by atoms with Crippen molar-refractivity contribution >= 4 is 82.9 Å². The van der Waals surface area contributed by atoms with Gasteiger partial charge in [-0.3, -0.25) is 0 Å². The molecule has 0 aliphatic heterocycles. The number of furan rings is 3. The van der Waals surface area contributed by atoms with Gasteiger partial charge in [0.15, 0.2) is 0 Å². The second-order valence-electron chi connectivity index (χ2n) is 28.0. The summed E-state index contributed by atoms with van der Waals surface area (Å²) in [5, 5.41) is 6.71. The van der Waals surface area contributed by atoms with E-state index in [-0.39, 0.29) is 5.41 Å². The highest BCUT2D eigenvalue weighted by atomic mass is 16.3. The summed E-state index contributed by atoms with van der Waals surface area (Å²) in [6.45, 7) is 9.76. The number of nitrogens with zero attached hydrogens (tertiary/aromatic N) is 1. The molecule has 0 radical (unpaired) electrons. The molecule has 96 heavy (non-hydrogen) atoms. The van der Waals surface area contributed by atoms with E-state index in [1.807, 2.05) is 0 Å². The van der Waals surface area contributed by atoms with Crippen LogP contribution in [0.25, 0.3) is 110 Å². The number of benzene rings is 14. The standard InChI is InChI=1S/C92H61NO3/c1-89(2)68-38-21-17-34-61(68)85-87(89)86-83(84-65-37-20-24-42-77(65)96-88(84)85)62-47-45-58(50-70(62)90(86,3)4)93(74-39-25-43-78-81(74)63-35-18-22-40-75(63)94-78)59-44-46-60-66-52-73-67(53-72(66)92(71(60)51-59,56-30-13-7-14-31-56)57-32-15-8-16-33-57)80-69(48-49-79-82(80)64-36-19-23-41-76(64)95-79)91(73,54-26-9-5-10-27-54)55-28-11-6-12-29-55/h5-53H,1-4H3. The first-order valence-electron chi connectivity index (χ1n) is 33.6. The van der Waals surface area contributed by atoms with Crippen LogP contribution in [0.15, 0.2) is 311 Å². The summed E-state index contributed by atoms with van der Waals surface area (Å²) in [4.78, 5) is 2.54. The van der Waals surface area contributed by atoms with Crippen molar-refractivity contribution < 1.29 is 13.3 Å². The number of fused-ring (bicyclic) bond motifs is 25. The lowest BCUT2D eigenvalue weighted by molar-refractivity contribution is 0.600. The van der Waals surface area contributed by atoms with E-state index < -0.39 is 16.2 Å². The number of hydrogen-bond donors (Lipinski definition) is 0. The van der Waals surface area contributed by atoms with E-state index in [9.17, 15) is 0 Å². The molecule has 4 heteroatoms. The van der Waals surface area contributed by atoms with Gasteiger partial charge in [0.2, 0.25) is 0 Å². The normalized spacial score (nSPS) is 15.2. The van der Waals surface area contributed by atoms with E-state index in [1.54, 1.807) is 0 Å². The largest absolute Gasteiger partial charge is 0.456 e. The molecule has 0 fully saturated rings. The molecule has 14 aromatic carbocycles. The first-order chi connectivity index (χ1) is 47.1. The first-order valence-corrected chi connectivity index (χ1v) is 33.6. The molecule has 4 aliphatic carbocycles. The van der Waals surface area contributed by atoms with E-state index in [0.717, 1.165) is 77.5 Å². The minimum Gasteiger partial charge on any atom is -0.456 e. The lowest BCUT2D eigenvalue weighted by Crippen LogP contribution is -2.30. The predicted octanol–water partition coefficient (Wildman–Crippen LogP) is 24.2. The summed E-state index contributed by atoms with van der Waals surface area (Å²) < 4.78 is 20.8. The highest BCUT2D eigenvalue weighted by molar-refractivity contribution is 6.22. The monoisotopic (exact) mass is 1230 g/mol.